The standard InChI is InChI=1S/C51H37N3O.C48H31N3O2.C36H25N3O/c1-50(2)38-24-10-8-19-34(38)43-37(23-14-26-40(43)50)49-53-47(30-15-6-5-7-16-30)52-48(54-49)32-18-12-17-31(29-32)33-21-13-22-36-45-42(55-46(33)36)28-27-41-44(45)35-20-9-11-25-39(35)51(41,3)4;1-48(2)36-22-8-6-17-32(36)42-37(48)25-26-40-43(42)34-20-11-19-31(44(34)53-40)29-15-10-16-30(27-29)46-49-45(28-13-4-3-5-14-28)50-47(51-46)35-21-12-24-39-41(35)33-18-7-9-23-38(33)52-39;1-36(2)27-20-21-29-31(24-16-9-10-19-28(24)40-29)30(27)25-17-11-18-26(32(25)36)35-38-33(22-12-5-3-6-13-22)37-34(39-35)23-14-7-4-8-15-23/h5-29H,1-4H3;3-27H,1-2H3;3-21H,1-2H3. The first-order valence-electron chi connectivity index (χ1n) is 50.5. The average Bonchev–Trinajstić information content (AvgIpc) is 1.51. The normalized spacial score (nSPS) is 13.8. The highest BCUT2D eigenvalue weighted by Gasteiger charge is 2.44. The molecule has 0 radical (unpaired) electrons. The van der Waals surface area contributed by atoms with Crippen LogP contribution in [0.3, 0.4) is 0 Å². The first-order valence-corrected chi connectivity index (χ1v) is 50.5. The Morgan fingerprint density at radius 2 is 0.419 bits per heavy atom. The molecule has 26 aromatic rings. The predicted octanol–water partition coefficient (Wildman–Crippen LogP) is 34.8. The Bertz CT molecular complexity index is 9950. The third kappa shape index (κ3) is 13.7. The maximum atomic E-state index is 6.79. The Kier molecular flexibility index (Phi) is 19.7. The third-order valence-electron chi connectivity index (χ3n) is 31.2. The molecule has 0 atom stereocenters. The summed E-state index contributed by atoms with van der Waals surface area (Å²) in [6.07, 6.45) is 0. The van der Waals surface area contributed by atoms with Gasteiger partial charge >= 0.3 is 0 Å². The first-order chi connectivity index (χ1) is 72.4. The zero-order chi connectivity index (χ0) is 99.2. The number of nitrogens with zero attached hydrogens (tertiary/aromatic N) is 9. The molecule has 0 N–H and O–H groups in total. The quantitative estimate of drug-likeness (QED) is 0.120. The van der Waals surface area contributed by atoms with E-state index in [0.29, 0.717) is 52.4 Å². The van der Waals surface area contributed by atoms with Gasteiger partial charge in [-0.1, -0.05) is 425 Å². The minimum atomic E-state index is -0.264. The second kappa shape index (κ2) is 33.5. The van der Waals surface area contributed by atoms with Crippen molar-refractivity contribution in [2.24, 2.45) is 0 Å². The highest BCUT2D eigenvalue weighted by molar-refractivity contribution is 6.21. The van der Waals surface area contributed by atoms with E-state index >= 15 is 0 Å². The van der Waals surface area contributed by atoms with Crippen LogP contribution in [0, 0.1) is 0 Å². The lowest BCUT2D eigenvalue weighted by molar-refractivity contribution is 0.656. The van der Waals surface area contributed by atoms with Crippen LogP contribution < -0.4 is 0 Å². The van der Waals surface area contributed by atoms with E-state index in [2.05, 4.69) is 322 Å². The number of fused-ring (bicyclic) bond motifs is 27. The summed E-state index contributed by atoms with van der Waals surface area (Å²) < 4.78 is 26.1. The van der Waals surface area contributed by atoms with Crippen LogP contribution in [-0.2, 0) is 21.7 Å². The van der Waals surface area contributed by atoms with Crippen molar-refractivity contribution in [2.75, 3.05) is 0 Å². The van der Waals surface area contributed by atoms with Crippen molar-refractivity contribution in [3.8, 4) is 169 Å². The maximum absolute atomic E-state index is 6.79. The van der Waals surface area contributed by atoms with Gasteiger partial charge in [0.1, 0.15) is 44.7 Å². The fourth-order valence-electron chi connectivity index (χ4n) is 24.2. The minimum Gasteiger partial charge on any atom is -0.456 e. The van der Waals surface area contributed by atoms with Crippen molar-refractivity contribution < 1.29 is 17.7 Å². The van der Waals surface area contributed by atoms with Gasteiger partial charge in [0.05, 0.1) is 0 Å². The van der Waals surface area contributed by atoms with Crippen LogP contribution >= 0.6 is 0 Å². The molecule has 0 unspecified atom stereocenters. The summed E-state index contributed by atoms with van der Waals surface area (Å²) in [6, 6.07) is 145. The molecule has 0 saturated carbocycles. The van der Waals surface area contributed by atoms with E-state index in [0.717, 1.165) is 144 Å². The van der Waals surface area contributed by atoms with E-state index in [9.17, 15) is 0 Å². The second-order valence-electron chi connectivity index (χ2n) is 41.2. The van der Waals surface area contributed by atoms with Gasteiger partial charge in [0, 0.05) is 126 Å². The van der Waals surface area contributed by atoms with E-state index < -0.39 is 0 Å². The smallest absolute Gasteiger partial charge is 0.164 e. The summed E-state index contributed by atoms with van der Waals surface area (Å²) in [5, 5.41) is 8.91. The van der Waals surface area contributed by atoms with Crippen LogP contribution in [0.4, 0.5) is 0 Å². The Morgan fingerprint density at radius 3 is 0.885 bits per heavy atom. The van der Waals surface area contributed by atoms with Crippen molar-refractivity contribution in [1.29, 1.82) is 0 Å². The van der Waals surface area contributed by atoms with Crippen LogP contribution in [0.5, 0.6) is 0 Å². The molecule has 702 valence electrons. The van der Waals surface area contributed by atoms with Crippen molar-refractivity contribution >= 4 is 87.8 Å². The molecule has 19 aromatic carbocycles. The number of hydrogen-bond acceptors (Lipinski definition) is 13. The molecule has 0 spiro atoms. The molecule has 13 nitrogen and oxygen atoms in total. The van der Waals surface area contributed by atoms with Gasteiger partial charge in [0.25, 0.3) is 0 Å². The van der Waals surface area contributed by atoms with Gasteiger partial charge in [-0.25, -0.2) is 44.9 Å². The Morgan fingerprint density at radius 1 is 0.155 bits per heavy atom. The molecule has 7 heterocycles. The Hall–Kier alpha value is -18.6. The van der Waals surface area contributed by atoms with E-state index in [1.807, 2.05) is 152 Å². The average molecular weight is 1910 g/mol. The Labute approximate surface area is 853 Å². The van der Waals surface area contributed by atoms with Crippen LogP contribution in [0.25, 0.3) is 257 Å². The lowest BCUT2D eigenvalue weighted by atomic mass is 9.80. The highest BCUT2D eigenvalue weighted by Crippen LogP contribution is 2.60. The summed E-state index contributed by atoms with van der Waals surface area (Å²) in [4.78, 5) is 45.9. The van der Waals surface area contributed by atoms with Gasteiger partial charge in [-0.05, 0) is 149 Å². The molecule has 30 rings (SSSR count). The number of furan rings is 4. The number of hydrogen-bond donors (Lipinski definition) is 0. The monoisotopic (exact) mass is 1900 g/mol. The Balaban J connectivity index is 0.000000108. The number of para-hydroxylation sites is 4. The van der Waals surface area contributed by atoms with Crippen LogP contribution in [0.2, 0.25) is 0 Å². The van der Waals surface area contributed by atoms with Crippen molar-refractivity contribution in [2.45, 2.75) is 77.0 Å². The molecule has 4 aliphatic carbocycles. The van der Waals surface area contributed by atoms with E-state index in [1.54, 1.807) is 0 Å². The van der Waals surface area contributed by atoms with Gasteiger partial charge in [-0.15, -0.1) is 0 Å². The molecule has 13 heteroatoms. The van der Waals surface area contributed by atoms with Gasteiger partial charge < -0.3 is 17.7 Å². The zero-order valence-electron chi connectivity index (χ0n) is 82.5. The van der Waals surface area contributed by atoms with E-state index in [-0.39, 0.29) is 21.7 Å². The topological polar surface area (TPSA) is 169 Å². The SMILES string of the molecule is CC1(C)c2ccc3oc4ccccc4c3c2-c2cccc(-c3nc(-c4ccccc4)nc(-c4ccccc4)n3)c21.CC1(C)c2ccccc2-c2c(-c3nc(-c4ccccc4)nc(-c4cccc(-c5cccc6c5oc5ccc7c(c56)-c5ccccc5C7(C)C)c4)n3)cccc21.CC1(C)c2ccccc2-c2c1ccc1oc3c(-c4cccc(-c5nc(-c6ccccc6)nc(-c6cccc7oc8ccccc8c67)n5)c4)cccc3c21. The second-order valence-corrected chi connectivity index (χ2v) is 41.2. The zero-order valence-corrected chi connectivity index (χ0v) is 82.5. The maximum Gasteiger partial charge on any atom is 0.164 e. The van der Waals surface area contributed by atoms with Crippen LogP contribution in [0.1, 0.15) is 99.9 Å². The third-order valence-corrected chi connectivity index (χ3v) is 31.2. The predicted molar refractivity (Wildman–Crippen MR) is 599 cm³/mol. The van der Waals surface area contributed by atoms with Crippen LogP contribution in [0.15, 0.2) is 436 Å². The van der Waals surface area contributed by atoms with E-state index in [4.69, 9.17) is 62.5 Å². The molecule has 0 saturated heterocycles. The lowest BCUT2D eigenvalue weighted by Crippen LogP contribution is -2.17. The molecular formula is C135H93N9O4. The molecule has 0 amide bonds. The summed E-state index contributed by atoms with van der Waals surface area (Å²) in [5.74, 6) is 5.73. The van der Waals surface area contributed by atoms with Gasteiger partial charge in [0.2, 0.25) is 0 Å². The van der Waals surface area contributed by atoms with Gasteiger partial charge in [-0.2, -0.15) is 0 Å². The van der Waals surface area contributed by atoms with E-state index in [1.165, 1.54) is 105 Å². The molecular weight excluding hydrogens is 1810 g/mol. The summed E-state index contributed by atoms with van der Waals surface area (Å²) in [7, 11) is 0. The fraction of sp³-hybridized carbons (Fsp3) is 0.0889. The van der Waals surface area contributed by atoms with Crippen molar-refractivity contribution in [1.82, 2.24) is 44.9 Å². The number of aromatic nitrogens is 9. The van der Waals surface area contributed by atoms with Crippen LogP contribution in [-0.4, -0.2) is 44.9 Å². The molecule has 0 aliphatic heterocycles. The fourth-order valence-corrected chi connectivity index (χ4v) is 24.2. The van der Waals surface area contributed by atoms with Gasteiger partial charge in [0.15, 0.2) is 52.4 Å². The molecule has 148 heavy (non-hydrogen) atoms. The van der Waals surface area contributed by atoms with Crippen molar-refractivity contribution in [3.05, 3.63) is 463 Å². The minimum absolute atomic E-state index is 0.0862. The van der Waals surface area contributed by atoms with Gasteiger partial charge in [-0.3, -0.25) is 0 Å². The first kappa shape index (κ1) is 87.2. The molecule has 4 aliphatic rings. The van der Waals surface area contributed by atoms with Crippen molar-refractivity contribution in [3.63, 3.8) is 0 Å². The molecule has 0 fully saturated rings. The number of rotatable bonds is 11. The summed E-state index contributed by atoms with van der Waals surface area (Å²) >= 11 is 0. The molecule has 7 aromatic heterocycles. The number of benzene rings is 19. The summed E-state index contributed by atoms with van der Waals surface area (Å²) in [5.41, 5.74) is 39.6. The molecule has 0 bridgehead atoms. The largest absolute Gasteiger partial charge is 0.456 e. The lowest BCUT2D eigenvalue weighted by Gasteiger charge is -2.24. The summed E-state index contributed by atoms with van der Waals surface area (Å²) in [6.45, 7) is 18.5. The highest BCUT2D eigenvalue weighted by atomic mass is 16.3.